The van der Waals surface area contributed by atoms with Gasteiger partial charge in [0.05, 0.1) is 0 Å². The van der Waals surface area contributed by atoms with Crippen LogP contribution in [0.25, 0.3) is 0 Å². The van der Waals surface area contributed by atoms with Gasteiger partial charge in [-0.15, -0.1) is 0 Å². The molecule has 12 N–H and O–H groups in total. The van der Waals surface area contributed by atoms with Crippen molar-refractivity contribution in [1.29, 1.82) is 0 Å². The minimum absolute atomic E-state index is 0. The zero-order valence-electron chi connectivity index (χ0n) is 28.3. The van der Waals surface area contributed by atoms with Crippen LogP contribution in [-0.2, 0) is 0 Å². The number of hydrogen-bond donors (Lipinski definition) is 9. The van der Waals surface area contributed by atoms with Gasteiger partial charge in [0.15, 0.2) is 59.1 Å². The Labute approximate surface area is 324 Å². The molecule has 0 saturated carbocycles. The van der Waals surface area contributed by atoms with Crippen molar-refractivity contribution in [3.8, 4) is 0 Å². The highest BCUT2D eigenvalue weighted by molar-refractivity contribution is 6.92. The number of nitro groups is 12. The van der Waals surface area contributed by atoms with Crippen molar-refractivity contribution >= 4 is 6.15 Å². The lowest BCUT2D eigenvalue weighted by Crippen LogP contribution is -3.11. The Morgan fingerprint density at radius 2 is 0.435 bits per heavy atom. The summed E-state index contributed by atoms with van der Waals surface area (Å²) in [5.41, 5.74) is -18.1. The van der Waals surface area contributed by atoms with Crippen molar-refractivity contribution in [2.75, 3.05) is 0 Å². The predicted molar refractivity (Wildman–Crippen MR) is 162 cm³/mol. The maximum absolute atomic E-state index is 13.1. The molecule has 336 valence electrons. The highest BCUT2D eigenvalue weighted by atomic mass is 16.8. The van der Waals surface area contributed by atoms with E-state index in [2.05, 4.69) is 41.4 Å². The number of hydrogen-bond acceptors (Lipinski definition) is 40. The SMILES string of the molecule is O=[N+]([O-])C([N+](=O)[O-])([N+](=O)[O-])C1([B-](C2(C([N+](=O)[O-])([N+](=O)[O-])[N+](=O)[O-])N=NNN2)(C2(C([N+](=O)[O-])([N+](=O)[O-])[N+](=O)[O-])N=NNN2)C2(C([N+](=O)[O-])([N+](=O)[O-])[N+](=O)[O-])N=NNN2)N=NNN1.[NH4+]. The molecule has 0 aromatic heterocycles. The van der Waals surface area contributed by atoms with Gasteiger partial charge in [-0.2, -0.15) is 20.5 Å². The van der Waals surface area contributed by atoms with Crippen LogP contribution in [0.1, 0.15) is 0 Å². The minimum Gasteiger partial charge on any atom is -0.369 e. The normalized spacial score (nSPS) is 25.9. The van der Waals surface area contributed by atoms with Crippen molar-refractivity contribution in [2.45, 2.75) is 45.4 Å². The quantitative estimate of drug-likeness (QED) is 0.0237. The average Bonchev–Trinajstić information content (AvgIpc) is 3.94. The van der Waals surface area contributed by atoms with Crippen molar-refractivity contribution in [3.63, 3.8) is 0 Å². The predicted octanol–water partition coefficient (Wildman–Crippen LogP) is -7.41. The molecule has 54 heteroatoms. The number of hydrazine groups is 4. The van der Waals surface area contributed by atoms with E-state index in [4.69, 9.17) is 0 Å². The largest absolute Gasteiger partial charge is 0.708 e. The van der Waals surface area contributed by atoms with E-state index in [0.29, 0.717) is 0 Å². The van der Waals surface area contributed by atoms with E-state index in [1.807, 2.05) is 0 Å². The maximum atomic E-state index is 13.1. The standard InChI is InChI=1S/C8H8BN28O24.H3N/c38-26(39)5(27(40)41,28(42)43)1(10-18-19-11-1)9(2(12-20-21-13-2)6(29(44)45,30(46)47)31(48)49,3(14-22-23-15-3)7(32(50)51,33(52)53)34(54)55)4(16-24-25-17-4)8(35(56)57,36(58)59)37(60)61;/h(H,10,19)(H,11,18)(H,12,21)(H,13,20)(H,14,23)(H,15,22)(H,16,25)(H,17,24);1H3/q-1;/p+1. The molecule has 4 rings (SSSR count). The van der Waals surface area contributed by atoms with Gasteiger partial charge in [0, 0.05) is 0 Å². The summed E-state index contributed by atoms with van der Waals surface area (Å²) in [6, 6.07) is 0. The lowest BCUT2D eigenvalue weighted by molar-refractivity contribution is -0.987. The number of nitrogens with one attached hydrogen (secondary N) is 8. The highest BCUT2D eigenvalue weighted by Crippen LogP contribution is 2.64. The molecule has 4 aliphatic rings. The second-order valence-electron chi connectivity index (χ2n) is 11.3. The Morgan fingerprint density at radius 3 is 0.516 bits per heavy atom. The lowest BCUT2D eigenvalue weighted by atomic mass is 8.99. The molecule has 0 fully saturated rings. The average molecular weight is 909 g/mol. The van der Waals surface area contributed by atoms with Gasteiger partial charge in [0.25, 0.3) is 22.2 Å². The first-order valence-corrected chi connectivity index (χ1v) is 13.8. The van der Waals surface area contributed by atoms with E-state index in [0.717, 1.165) is 43.8 Å². The summed E-state index contributed by atoms with van der Waals surface area (Å²) in [4.78, 5) is 121. The Kier molecular flexibility index (Phi) is 10.5. The Hall–Kier alpha value is -9.74. The van der Waals surface area contributed by atoms with Crippen molar-refractivity contribution in [2.24, 2.45) is 41.4 Å². The van der Waals surface area contributed by atoms with Crippen LogP contribution in [0.4, 0.5) is 0 Å². The molecular weight excluding hydrogens is 897 g/mol. The van der Waals surface area contributed by atoms with Gasteiger partial charge in [-0.25, -0.2) is 43.8 Å². The van der Waals surface area contributed by atoms with Crippen LogP contribution in [0, 0.1) is 121 Å². The van der Waals surface area contributed by atoms with Crippen LogP contribution in [0.3, 0.4) is 0 Å². The van der Waals surface area contributed by atoms with Gasteiger partial charge in [-0.3, -0.25) is 121 Å². The molecule has 4 atom stereocenters. The first kappa shape index (κ1) is 46.6. The fourth-order valence-corrected chi connectivity index (χ4v) is 7.79. The molecule has 4 unspecified atom stereocenters. The first-order chi connectivity index (χ1) is 28.1. The number of quaternary nitrogens is 1. The van der Waals surface area contributed by atoms with Crippen molar-refractivity contribution in [3.05, 3.63) is 121 Å². The highest BCUT2D eigenvalue weighted by Gasteiger charge is 3.17. The van der Waals surface area contributed by atoms with Gasteiger partial charge < -0.3 is 6.15 Å². The molecule has 53 nitrogen and oxygen atoms in total. The van der Waals surface area contributed by atoms with E-state index in [9.17, 15) is 121 Å². The van der Waals surface area contributed by atoms with Crippen LogP contribution in [0.2, 0.25) is 0 Å². The molecule has 0 saturated heterocycles. The molecule has 4 heterocycles. The molecule has 0 aliphatic carbocycles. The van der Waals surface area contributed by atoms with Crippen LogP contribution in [0.5, 0.6) is 0 Å². The molecule has 0 aromatic carbocycles. The summed E-state index contributed by atoms with van der Waals surface area (Å²) in [5, 5.41) is 178. The van der Waals surface area contributed by atoms with Crippen LogP contribution >= 0.6 is 0 Å². The van der Waals surface area contributed by atoms with E-state index in [1.54, 1.807) is 0 Å². The summed E-state index contributed by atoms with van der Waals surface area (Å²) < 4.78 is 0. The van der Waals surface area contributed by atoms with Crippen molar-refractivity contribution in [1.82, 2.24) is 50.0 Å². The Balaban J connectivity index is 0.0000102. The molecular formula is C8H12BN29O24. The number of rotatable bonds is 20. The monoisotopic (exact) mass is 909 g/mol. The van der Waals surface area contributed by atoms with Crippen LogP contribution in [0.15, 0.2) is 41.4 Å². The van der Waals surface area contributed by atoms with E-state index in [-0.39, 0.29) is 6.15 Å². The van der Waals surface area contributed by atoms with Crippen molar-refractivity contribution < 1.29 is 59.1 Å². The smallest absolute Gasteiger partial charge is 0.369 e. The third kappa shape index (κ3) is 4.21. The fraction of sp³-hybridized carbons (Fsp3) is 1.00. The molecule has 0 aromatic rings. The van der Waals surface area contributed by atoms with Crippen LogP contribution in [-0.4, -0.2) is 111 Å². The Bertz CT molecular complexity index is 1800. The van der Waals surface area contributed by atoms with E-state index < -0.39 is 111 Å². The molecule has 62 heavy (non-hydrogen) atoms. The second kappa shape index (κ2) is 14.0. The Morgan fingerprint density at radius 1 is 0.306 bits per heavy atom. The third-order valence-corrected chi connectivity index (χ3v) is 9.62. The number of nitrogens with zero attached hydrogens (tertiary/aromatic N) is 20. The zero-order valence-corrected chi connectivity index (χ0v) is 28.3. The summed E-state index contributed by atoms with van der Waals surface area (Å²) in [6.07, 6.45) is -8.30. The van der Waals surface area contributed by atoms with Gasteiger partial charge in [0.2, 0.25) is 0 Å². The first-order valence-electron chi connectivity index (χ1n) is 13.8. The lowest BCUT2D eigenvalue weighted by Gasteiger charge is -2.58. The molecule has 4 aliphatic heterocycles. The maximum Gasteiger partial charge on any atom is 0.708 e. The summed E-state index contributed by atoms with van der Waals surface area (Å²) in [7, 11) is 0. The van der Waals surface area contributed by atoms with E-state index >= 15 is 0 Å². The van der Waals surface area contributed by atoms with Gasteiger partial charge >= 0.3 is 29.3 Å². The molecule has 0 spiro atoms. The third-order valence-electron chi connectivity index (χ3n) is 9.62. The second-order valence-corrected chi connectivity index (χ2v) is 11.3. The minimum atomic E-state index is -8.30. The zero-order chi connectivity index (χ0) is 46.7. The fourth-order valence-electron chi connectivity index (χ4n) is 7.79. The molecule has 0 radical (unpaired) electrons. The molecule has 0 amide bonds. The van der Waals surface area contributed by atoms with Gasteiger partial charge in [0.1, 0.15) is 0 Å². The van der Waals surface area contributed by atoms with Gasteiger partial charge in [-0.05, 0) is 0 Å². The summed E-state index contributed by atoms with van der Waals surface area (Å²) in [5.74, 6) is -26.2. The summed E-state index contributed by atoms with van der Waals surface area (Å²) in [6.45, 7) is 0. The molecule has 0 bridgehead atoms. The van der Waals surface area contributed by atoms with E-state index in [1.165, 1.54) is 0 Å². The topological polar surface area (TPSA) is 749 Å². The summed E-state index contributed by atoms with van der Waals surface area (Å²) >= 11 is 0. The van der Waals surface area contributed by atoms with Crippen LogP contribution < -0.4 is 50.0 Å². The van der Waals surface area contributed by atoms with Gasteiger partial charge in [-0.1, -0.05) is 20.9 Å².